The molecule has 0 bridgehead atoms. The number of carbonyl (C=O) groups excluding carboxylic acids is 3. The van der Waals surface area contributed by atoms with Gasteiger partial charge in [-0.05, 0) is 62.6 Å². The molecule has 2 aliphatic heterocycles. The number of nitrogens with one attached hydrogen (secondary N) is 1. The highest BCUT2D eigenvalue weighted by Gasteiger charge is 2.54. The summed E-state index contributed by atoms with van der Waals surface area (Å²) in [5.41, 5.74) is 0.146. The lowest BCUT2D eigenvalue weighted by Gasteiger charge is -2.43. The highest BCUT2D eigenvalue weighted by molar-refractivity contribution is 6.30. The van der Waals surface area contributed by atoms with E-state index in [4.69, 9.17) is 16.3 Å². The van der Waals surface area contributed by atoms with Crippen LogP contribution in [0.25, 0.3) is 0 Å². The molecule has 2 saturated heterocycles. The van der Waals surface area contributed by atoms with Gasteiger partial charge in [-0.15, -0.1) is 0 Å². The zero-order valence-electron chi connectivity index (χ0n) is 20.8. The second-order valence-electron chi connectivity index (χ2n) is 9.44. The minimum absolute atomic E-state index is 0.0197. The minimum atomic E-state index is -0.786. The molecule has 1 atom stereocenters. The van der Waals surface area contributed by atoms with Crippen molar-refractivity contribution in [2.45, 2.75) is 44.7 Å². The molecule has 2 heterocycles. The molecule has 2 aromatic carbocycles. The van der Waals surface area contributed by atoms with Crippen LogP contribution in [0.2, 0.25) is 5.02 Å². The molecular weight excluding hydrogens is 480 g/mol. The summed E-state index contributed by atoms with van der Waals surface area (Å²) in [4.78, 5) is 44.6. The summed E-state index contributed by atoms with van der Waals surface area (Å²) < 4.78 is 5.63. The van der Waals surface area contributed by atoms with E-state index in [1.807, 2.05) is 44.2 Å². The van der Waals surface area contributed by atoms with Crippen molar-refractivity contribution in [1.29, 1.82) is 0 Å². The van der Waals surface area contributed by atoms with Crippen molar-refractivity contribution in [2.75, 3.05) is 37.8 Å². The normalized spacial score (nSPS) is 17.9. The van der Waals surface area contributed by atoms with Crippen LogP contribution in [0.3, 0.4) is 0 Å². The Kier molecular flexibility index (Phi) is 8.04. The smallest absolute Gasteiger partial charge is 0.260 e. The Labute approximate surface area is 217 Å². The summed E-state index contributed by atoms with van der Waals surface area (Å²) in [6, 6.07) is 16.7. The lowest BCUT2D eigenvalue weighted by molar-refractivity contribution is -0.140. The number of para-hydroxylation sites is 1. The first-order valence-electron chi connectivity index (χ1n) is 12.4. The van der Waals surface area contributed by atoms with E-state index in [1.165, 1.54) is 0 Å². The minimum Gasteiger partial charge on any atom is -0.484 e. The average molecular weight is 513 g/mol. The molecule has 1 unspecified atom stereocenters. The van der Waals surface area contributed by atoms with E-state index >= 15 is 0 Å². The Bertz CT molecular complexity index is 1070. The van der Waals surface area contributed by atoms with Gasteiger partial charge >= 0.3 is 0 Å². The molecule has 2 fully saturated rings. The molecule has 2 aromatic rings. The molecule has 36 heavy (non-hydrogen) atoms. The summed E-state index contributed by atoms with van der Waals surface area (Å²) in [5.74, 6) is 0.236. The maximum absolute atomic E-state index is 13.7. The van der Waals surface area contributed by atoms with Gasteiger partial charge < -0.3 is 24.8 Å². The number of hydrogen-bond donors (Lipinski definition) is 1. The summed E-state index contributed by atoms with van der Waals surface area (Å²) in [5, 5.41) is 3.55. The van der Waals surface area contributed by atoms with Crippen molar-refractivity contribution in [3.05, 3.63) is 59.6 Å². The van der Waals surface area contributed by atoms with Gasteiger partial charge in [0.2, 0.25) is 5.91 Å². The number of carbonyl (C=O) groups is 3. The lowest BCUT2D eigenvalue weighted by Crippen LogP contribution is -2.58. The average Bonchev–Trinajstić information content (AvgIpc) is 3.15. The molecule has 0 saturated carbocycles. The fraction of sp³-hybridized carbons (Fsp3) is 0.444. The number of ether oxygens (including phenoxy) is 1. The van der Waals surface area contributed by atoms with Crippen LogP contribution in [0, 0.1) is 0 Å². The van der Waals surface area contributed by atoms with Crippen LogP contribution >= 0.6 is 11.6 Å². The van der Waals surface area contributed by atoms with E-state index in [2.05, 4.69) is 10.2 Å². The van der Waals surface area contributed by atoms with Gasteiger partial charge in [-0.25, -0.2) is 0 Å². The van der Waals surface area contributed by atoms with E-state index < -0.39 is 5.54 Å². The largest absolute Gasteiger partial charge is 0.484 e. The monoisotopic (exact) mass is 512 g/mol. The molecular formula is C27H33ClN4O4. The third-order valence-electron chi connectivity index (χ3n) is 7.06. The quantitative estimate of drug-likeness (QED) is 0.587. The van der Waals surface area contributed by atoms with Gasteiger partial charge in [0.05, 0.1) is 6.67 Å². The van der Waals surface area contributed by atoms with E-state index in [9.17, 15) is 14.4 Å². The first kappa shape index (κ1) is 25.8. The summed E-state index contributed by atoms with van der Waals surface area (Å²) in [6.07, 6.45) is 1.79. The number of likely N-dealkylation sites (tertiary alicyclic amines) is 1. The Hall–Kier alpha value is -3.26. The molecule has 1 N–H and O–H groups in total. The molecule has 0 aliphatic carbocycles. The van der Waals surface area contributed by atoms with Crippen molar-refractivity contribution in [1.82, 2.24) is 15.1 Å². The van der Waals surface area contributed by atoms with Crippen LogP contribution in [-0.4, -0.2) is 72.0 Å². The zero-order valence-corrected chi connectivity index (χ0v) is 21.5. The highest BCUT2D eigenvalue weighted by atomic mass is 35.5. The van der Waals surface area contributed by atoms with Crippen LogP contribution in [0.5, 0.6) is 5.75 Å². The Balaban J connectivity index is 1.44. The van der Waals surface area contributed by atoms with E-state index in [0.717, 1.165) is 12.1 Å². The van der Waals surface area contributed by atoms with Gasteiger partial charge in [-0.2, -0.15) is 0 Å². The molecule has 9 heteroatoms. The van der Waals surface area contributed by atoms with Gasteiger partial charge in [0.15, 0.2) is 6.61 Å². The van der Waals surface area contributed by atoms with Gasteiger partial charge in [0.25, 0.3) is 11.8 Å². The number of halogens is 1. The maximum atomic E-state index is 13.7. The molecule has 192 valence electrons. The Morgan fingerprint density at radius 3 is 2.39 bits per heavy atom. The summed E-state index contributed by atoms with van der Waals surface area (Å²) >= 11 is 5.90. The fourth-order valence-electron chi connectivity index (χ4n) is 4.81. The van der Waals surface area contributed by atoms with Crippen molar-refractivity contribution in [3.63, 3.8) is 0 Å². The number of hydrogen-bond acceptors (Lipinski definition) is 5. The van der Waals surface area contributed by atoms with Gasteiger partial charge in [0, 0.05) is 29.8 Å². The number of anilines is 1. The Morgan fingerprint density at radius 1 is 1.08 bits per heavy atom. The van der Waals surface area contributed by atoms with Crippen LogP contribution in [0.1, 0.15) is 33.1 Å². The second-order valence-corrected chi connectivity index (χ2v) is 9.88. The van der Waals surface area contributed by atoms with Gasteiger partial charge in [-0.1, -0.05) is 36.7 Å². The standard InChI is InChI=1S/C27H33ClN4O4/c1-3-20(2)29-24(33)17-31-19-32(22-7-5-4-6-8-22)27(26(31)35)13-15-30(16-14-27)25(34)18-36-23-11-9-21(28)10-12-23/h4-12,20H,3,13-19H2,1-2H3,(H,29,33). The molecule has 3 amide bonds. The molecule has 0 aromatic heterocycles. The topological polar surface area (TPSA) is 82.2 Å². The predicted molar refractivity (Wildman–Crippen MR) is 139 cm³/mol. The summed E-state index contributed by atoms with van der Waals surface area (Å²) in [7, 11) is 0. The molecule has 0 radical (unpaired) electrons. The van der Waals surface area contributed by atoms with Crippen LogP contribution in [-0.2, 0) is 14.4 Å². The third-order valence-corrected chi connectivity index (χ3v) is 7.31. The molecule has 1 spiro atoms. The van der Waals surface area contributed by atoms with Crippen molar-refractivity contribution in [3.8, 4) is 5.75 Å². The number of amides is 3. The highest BCUT2D eigenvalue weighted by Crippen LogP contribution is 2.39. The number of nitrogens with zero attached hydrogens (tertiary/aromatic N) is 3. The second kappa shape index (κ2) is 11.2. The summed E-state index contributed by atoms with van der Waals surface area (Å²) in [6.45, 7) is 5.11. The van der Waals surface area contributed by atoms with E-state index in [-0.39, 0.29) is 36.9 Å². The first-order chi connectivity index (χ1) is 17.3. The van der Waals surface area contributed by atoms with Crippen molar-refractivity contribution < 1.29 is 19.1 Å². The maximum Gasteiger partial charge on any atom is 0.260 e. The number of piperidine rings is 1. The Morgan fingerprint density at radius 2 is 1.75 bits per heavy atom. The zero-order chi connectivity index (χ0) is 25.7. The van der Waals surface area contributed by atoms with Gasteiger partial charge in [-0.3, -0.25) is 14.4 Å². The first-order valence-corrected chi connectivity index (χ1v) is 12.8. The number of rotatable bonds is 8. The van der Waals surface area contributed by atoms with Gasteiger partial charge in [0.1, 0.15) is 17.8 Å². The third kappa shape index (κ3) is 5.59. The van der Waals surface area contributed by atoms with Crippen LogP contribution in [0.4, 0.5) is 5.69 Å². The SMILES string of the molecule is CCC(C)NC(=O)CN1CN(c2ccccc2)C2(CCN(C(=O)COc3ccc(Cl)cc3)CC2)C1=O. The van der Waals surface area contributed by atoms with E-state index in [1.54, 1.807) is 34.1 Å². The molecule has 2 aliphatic rings. The van der Waals surface area contributed by atoms with Crippen LogP contribution in [0.15, 0.2) is 54.6 Å². The van der Waals surface area contributed by atoms with Crippen molar-refractivity contribution >= 4 is 35.0 Å². The lowest BCUT2D eigenvalue weighted by atomic mass is 9.85. The van der Waals surface area contributed by atoms with Crippen LogP contribution < -0.4 is 15.0 Å². The number of benzene rings is 2. The van der Waals surface area contributed by atoms with E-state index in [0.29, 0.717) is 43.4 Å². The predicted octanol–water partition coefficient (Wildman–Crippen LogP) is 3.30. The fourth-order valence-corrected chi connectivity index (χ4v) is 4.94. The molecule has 4 rings (SSSR count). The molecule has 8 nitrogen and oxygen atoms in total. The van der Waals surface area contributed by atoms with Crippen molar-refractivity contribution in [2.24, 2.45) is 0 Å².